The molecule has 0 bridgehead atoms. The molecule has 0 fully saturated rings. The first-order valence-corrected chi connectivity index (χ1v) is 5.88. The summed E-state index contributed by atoms with van der Waals surface area (Å²) >= 11 is 5.70. The van der Waals surface area contributed by atoms with Gasteiger partial charge >= 0.3 is 12.1 Å². The highest BCUT2D eigenvalue weighted by atomic mass is 35.5. The number of hydrogen-bond acceptors (Lipinski definition) is 2. The minimum atomic E-state index is -4.67. The lowest BCUT2D eigenvalue weighted by atomic mass is 10.1. The summed E-state index contributed by atoms with van der Waals surface area (Å²) in [4.78, 5) is 22.2. The average Bonchev–Trinajstić information content (AvgIpc) is 2.25. The summed E-state index contributed by atoms with van der Waals surface area (Å²) in [6.07, 6.45) is -6.54. The molecule has 1 atom stereocenters. The first kappa shape index (κ1) is 16.3. The van der Waals surface area contributed by atoms with Gasteiger partial charge in [-0.3, -0.25) is 4.79 Å². The second-order valence-corrected chi connectivity index (χ2v) is 4.52. The van der Waals surface area contributed by atoms with Gasteiger partial charge in [0.1, 0.15) is 6.04 Å². The number of nitrogens with one attached hydrogen (secondary N) is 1. The summed E-state index contributed by atoms with van der Waals surface area (Å²) in [5.74, 6) is -2.55. The average molecular weight is 310 g/mol. The molecule has 20 heavy (non-hydrogen) atoms. The van der Waals surface area contributed by atoms with Gasteiger partial charge in [0.25, 0.3) is 0 Å². The summed E-state index contributed by atoms with van der Waals surface area (Å²) in [6, 6.07) is 4.19. The number of rotatable bonds is 5. The summed E-state index contributed by atoms with van der Waals surface area (Å²) in [5.41, 5.74) is 0.478. The van der Waals surface area contributed by atoms with E-state index in [0.717, 1.165) is 0 Å². The van der Waals surface area contributed by atoms with Crippen LogP contribution in [0.3, 0.4) is 0 Å². The van der Waals surface area contributed by atoms with Crippen LogP contribution < -0.4 is 5.32 Å². The summed E-state index contributed by atoms with van der Waals surface area (Å²) in [6.45, 7) is 0. The first-order chi connectivity index (χ1) is 9.17. The fraction of sp³-hybridized carbons (Fsp3) is 0.333. The van der Waals surface area contributed by atoms with Crippen LogP contribution in [0, 0.1) is 0 Å². The third-order valence-corrected chi connectivity index (χ3v) is 2.56. The van der Waals surface area contributed by atoms with Gasteiger partial charge in [-0.25, -0.2) is 4.79 Å². The van der Waals surface area contributed by atoms with Crippen molar-refractivity contribution in [3.05, 3.63) is 34.9 Å². The third kappa shape index (κ3) is 5.92. The second-order valence-electron chi connectivity index (χ2n) is 4.08. The maximum Gasteiger partial charge on any atom is 0.391 e. The van der Waals surface area contributed by atoms with Crippen LogP contribution in [0.15, 0.2) is 24.3 Å². The maximum absolute atomic E-state index is 12.2. The van der Waals surface area contributed by atoms with E-state index < -0.39 is 30.5 Å². The minimum absolute atomic E-state index is 0.248. The second kappa shape index (κ2) is 6.60. The molecule has 0 aliphatic rings. The van der Waals surface area contributed by atoms with Gasteiger partial charge in [0.15, 0.2) is 0 Å². The molecule has 0 aliphatic heterocycles. The van der Waals surface area contributed by atoms with E-state index in [2.05, 4.69) is 0 Å². The van der Waals surface area contributed by atoms with Crippen molar-refractivity contribution in [1.29, 1.82) is 0 Å². The van der Waals surface area contributed by atoms with Gasteiger partial charge in [0.05, 0.1) is 12.8 Å². The quantitative estimate of drug-likeness (QED) is 0.877. The van der Waals surface area contributed by atoms with Crippen LogP contribution in [-0.2, 0) is 16.0 Å². The number of carbonyl (C=O) groups is 2. The van der Waals surface area contributed by atoms with Crippen molar-refractivity contribution in [3.63, 3.8) is 0 Å². The highest BCUT2D eigenvalue weighted by Gasteiger charge is 2.36. The van der Waals surface area contributed by atoms with Crippen LogP contribution in [-0.4, -0.2) is 29.2 Å². The van der Waals surface area contributed by atoms with Gasteiger partial charge in [-0.05, 0) is 17.7 Å². The molecule has 1 unspecified atom stereocenters. The van der Waals surface area contributed by atoms with Crippen molar-refractivity contribution >= 4 is 23.5 Å². The van der Waals surface area contributed by atoms with E-state index in [1.165, 1.54) is 6.07 Å². The Balaban J connectivity index is 2.65. The Morgan fingerprint density at radius 2 is 2.00 bits per heavy atom. The van der Waals surface area contributed by atoms with Crippen molar-refractivity contribution in [2.24, 2.45) is 0 Å². The zero-order valence-corrected chi connectivity index (χ0v) is 10.8. The van der Waals surface area contributed by atoms with Crippen molar-refractivity contribution in [1.82, 2.24) is 5.32 Å². The molecule has 110 valence electrons. The van der Waals surface area contributed by atoms with Gasteiger partial charge < -0.3 is 10.4 Å². The zero-order valence-electron chi connectivity index (χ0n) is 10.1. The van der Waals surface area contributed by atoms with E-state index in [1.807, 2.05) is 5.32 Å². The predicted molar refractivity (Wildman–Crippen MR) is 65.4 cm³/mol. The Morgan fingerprint density at radius 3 is 2.50 bits per heavy atom. The lowest BCUT2D eigenvalue weighted by Crippen LogP contribution is -2.44. The molecular weight excluding hydrogens is 299 g/mol. The Morgan fingerprint density at radius 1 is 1.35 bits per heavy atom. The fourth-order valence-electron chi connectivity index (χ4n) is 1.51. The predicted octanol–water partition coefficient (Wildman–Crippen LogP) is 2.40. The van der Waals surface area contributed by atoms with E-state index in [1.54, 1.807) is 18.2 Å². The number of alkyl halides is 3. The molecule has 2 N–H and O–H groups in total. The minimum Gasteiger partial charge on any atom is -0.480 e. The molecule has 4 nitrogen and oxygen atoms in total. The largest absolute Gasteiger partial charge is 0.480 e. The first-order valence-electron chi connectivity index (χ1n) is 5.51. The number of aliphatic carboxylic acids is 1. The van der Waals surface area contributed by atoms with Crippen LogP contribution in [0.1, 0.15) is 12.0 Å². The van der Waals surface area contributed by atoms with Crippen LogP contribution in [0.25, 0.3) is 0 Å². The van der Waals surface area contributed by atoms with Crippen molar-refractivity contribution < 1.29 is 27.9 Å². The van der Waals surface area contributed by atoms with Gasteiger partial charge in [0, 0.05) is 5.02 Å². The molecule has 0 heterocycles. The highest BCUT2D eigenvalue weighted by Crippen LogP contribution is 2.21. The van der Waals surface area contributed by atoms with Gasteiger partial charge in [-0.1, -0.05) is 23.7 Å². The lowest BCUT2D eigenvalue weighted by molar-refractivity contribution is -0.159. The highest BCUT2D eigenvalue weighted by molar-refractivity contribution is 6.30. The Kier molecular flexibility index (Phi) is 5.38. The van der Waals surface area contributed by atoms with Gasteiger partial charge in [0.2, 0.25) is 5.91 Å². The van der Waals surface area contributed by atoms with Crippen LogP contribution >= 0.6 is 11.6 Å². The summed E-state index contributed by atoms with van der Waals surface area (Å²) in [5, 5.41) is 10.9. The fourth-order valence-corrected chi connectivity index (χ4v) is 1.72. The van der Waals surface area contributed by atoms with Crippen molar-refractivity contribution in [2.45, 2.75) is 25.1 Å². The number of carbonyl (C=O) groups excluding carboxylic acids is 1. The normalized spacial score (nSPS) is 12.8. The number of carboxylic acid groups (broad SMARTS) is 1. The van der Waals surface area contributed by atoms with Gasteiger partial charge in [-0.2, -0.15) is 13.2 Å². The molecule has 0 saturated carbocycles. The SMILES string of the molecule is O=C(Cc1cccc(Cl)c1)NC(CC(F)(F)F)C(=O)O. The van der Waals surface area contributed by atoms with Crippen molar-refractivity contribution in [3.8, 4) is 0 Å². The number of halogens is 4. The number of amides is 1. The molecular formula is C12H11ClF3NO3. The molecule has 0 aliphatic carbocycles. The van der Waals surface area contributed by atoms with Gasteiger partial charge in [-0.15, -0.1) is 0 Å². The Bertz CT molecular complexity index is 505. The smallest absolute Gasteiger partial charge is 0.391 e. The molecule has 0 radical (unpaired) electrons. The lowest BCUT2D eigenvalue weighted by Gasteiger charge is -2.16. The molecule has 0 spiro atoms. The van der Waals surface area contributed by atoms with E-state index in [9.17, 15) is 22.8 Å². The van der Waals surface area contributed by atoms with E-state index in [4.69, 9.17) is 16.7 Å². The number of carboxylic acids is 1. The van der Waals surface area contributed by atoms with Crippen LogP contribution in [0.5, 0.6) is 0 Å². The molecule has 8 heteroatoms. The Labute approximate surface area is 117 Å². The standard InChI is InChI=1S/C12H11ClF3NO3/c13-8-3-1-2-7(4-8)5-10(18)17-9(11(19)20)6-12(14,15)16/h1-4,9H,5-6H2,(H,17,18)(H,19,20). The molecule has 0 aromatic heterocycles. The van der Waals surface area contributed by atoms with Crippen LogP contribution in [0.4, 0.5) is 13.2 Å². The molecule has 0 saturated heterocycles. The number of benzene rings is 1. The molecule has 1 aromatic carbocycles. The molecule has 1 amide bonds. The third-order valence-electron chi connectivity index (χ3n) is 2.32. The van der Waals surface area contributed by atoms with E-state index >= 15 is 0 Å². The van der Waals surface area contributed by atoms with Crippen LogP contribution in [0.2, 0.25) is 5.02 Å². The molecule has 1 aromatic rings. The number of hydrogen-bond donors (Lipinski definition) is 2. The Hall–Kier alpha value is -1.76. The maximum atomic E-state index is 12.2. The van der Waals surface area contributed by atoms with E-state index in [0.29, 0.717) is 10.6 Å². The molecule has 1 rings (SSSR count). The zero-order chi connectivity index (χ0) is 15.3. The topological polar surface area (TPSA) is 66.4 Å². The summed E-state index contributed by atoms with van der Waals surface area (Å²) < 4.78 is 36.5. The summed E-state index contributed by atoms with van der Waals surface area (Å²) in [7, 11) is 0. The van der Waals surface area contributed by atoms with Crippen molar-refractivity contribution in [2.75, 3.05) is 0 Å². The van der Waals surface area contributed by atoms with E-state index in [-0.39, 0.29) is 6.42 Å². The monoisotopic (exact) mass is 309 g/mol.